The van der Waals surface area contributed by atoms with Crippen LogP contribution < -0.4 is 16.4 Å². The predicted octanol–water partition coefficient (Wildman–Crippen LogP) is 2.15. The lowest BCUT2D eigenvalue weighted by Crippen LogP contribution is -2.55. The van der Waals surface area contributed by atoms with Gasteiger partial charge >= 0.3 is 0 Å². The summed E-state index contributed by atoms with van der Waals surface area (Å²) in [6, 6.07) is 12.4. The van der Waals surface area contributed by atoms with Gasteiger partial charge in [0.1, 0.15) is 12.1 Å². The molecule has 0 aromatic heterocycles. The Kier molecular flexibility index (Phi) is 10.7. The molecule has 3 amide bonds. The molecular formula is C27H39ClN4O4. The van der Waals surface area contributed by atoms with E-state index < -0.39 is 29.5 Å². The second-order valence-electron chi connectivity index (χ2n) is 9.98. The number of nitrogens with two attached hydrogens (primary N) is 1. The zero-order chi connectivity index (χ0) is 25.6. The molecule has 2 unspecified atom stereocenters. The Morgan fingerprint density at radius 3 is 2.53 bits per heavy atom. The average molecular weight is 519 g/mol. The quantitative estimate of drug-likeness (QED) is 0.383. The van der Waals surface area contributed by atoms with E-state index in [2.05, 4.69) is 10.6 Å². The molecule has 3 rings (SSSR count). The van der Waals surface area contributed by atoms with E-state index in [1.54, 1.807) is 4.90 Å². The summed E-state index contributed by atoms with van der Waals surface area (Å²) in [6.07, 6.45) is 1.40. The lowest BCUT2D eigenvalue weighted by atomic mass is 9.88. The van der Waals surface area contributed by atoms with E-state index >= 15 is 0 Å². The lowest BCUT2D eigenvalue weighted by Gasteiger charge is -2.32. The Bertz CT molecular complexity index is 1060. The van der Waals surface area contributed by atoms with Crippen LogP contribution in [0, 0.1) is 5.41 Å². The summed E-state index contributed by atoms with van der Waals surface area (Å²) in [5.41, 5.74) is 5.80. The standard InChI is InChI=1S/C27H38N4O4.ClH/c1-4-27(2,3)26(35)31-13-7-10-23(31)25(34)30-22(24(33)29-17-21(32)16-28)15-18-11-12-19-8-5-6-9-20(19)14-18;/h5-6,8-9,11-12,14,21-23,32H,4,7,10,13,15-17,28H2,1-3H3,(H,29,33)(H,30,34);1H/t21?,22-,23?;/m1./s1. The second kappa shape index (κ2) is 13.0. The summed E-state index contributed by atoms with van der Waals surface area (Å²) in [7, 11) is 0. The molecule has 36 heavy (non-hydrogen) atoms. The van der Waals surface area contributed by atoms with Crippen LogP contribution in [-0.2, 0) is 20.8 Å². The molecule has 8 nitrogen and oxygen atoms in total. The zero-order valence-electron chi connectivity index (χ0n) is 21.3. The number of nitrogens with zero attached hydrogens (tertiary/aromatic N) is 1. The van der Waals surface area contributed by atoms with Crippen LogP contribution in [0.5, 0.6) is 0 Å². The number of carbonyl (C=O) groups is 3. The number of likely N-dealkylation sites (tertiary alicyclic amines) is 1. The van der Waals surface area contributed by atoms with Gasteiger partial charge < -0.3 is 26.4 Å². The van der Waals surface area contributed by atoms with Crippen LogP contribution in [0.2, 0.25) is 0 Å². The summed E-state index contributed by atoms with van der Waals surface area (Å²) in [5.74, 6) is -0.772. The van der Waals surface area contributed by atoms with Gasteiger partial charge in [0.25, 0.3) is 0 Å². The molecule has 0 aliphatic carbocycles. The van der Waals surface area contributed by atoms with E-state index in [0.29, 0.717) is 19.4 Å². The lowest BCUT2D eigenvalue weighted by molar-refractivity contribution is -0.146. The molecule has 1 aliphatic rings. The van der Waals surface area contributed by atoms with Crippen molar-refractivity contribution in [2.75, 3.05) is 19.6 Å². The number of hydrogen-bond acceptors (Lipinski definition) is 5. The predicted molar refractivity (Wildman–Crippen MR) is 144 cm³/mol. The van der Waals surface area contributed by atoms with E-state index in [0.717, 1.165) is 22.8 Å². The minimum atomic E-state index is -0.866. The van der Waals surface area contributed by atoms with Gasteiger partial charge in [0.05, 0.1) is 6.10 Å². The maximum atomic E-state index is 13.3. The Labute approximate surface area is 219 Å². The number of carbonyl (C=O) groups excluding carboxylic acids is 3. The van der Waals surface area contributed by atoms with Gasteiger partial charge in [-0.3, -0.25) is 14.4 Å². The highest BCUT2D eigenvalue weighted by Crippen LogP contribution is 2.28. The Hall–Kier alpha value is -2.68. The van der Waals surface area contributed by atoms with E-state index in [4.69, 9.17) is 5.73 Å². The van der Waals surface area contributed by atoms with Crippen molar-refractivity contribution >= 4 is 40.9 Å². The molecule has 0 radical (unpaired) electrons. The first-order chi connectivity index (χ1) is 16.7. The van der Waals surface area contributed by atoms with Gasteiger partial charge in [-0.05, 0) is 35.6 Å². The fourth-order valence-electron chi connectivity index (χ4n) is 4.33. The third-order valence-corrected chi connectivity index (χ3v) is 6.95. The molecule has 0 spiro atoms. The largest absolute Gasteiger partial charge is 0.390 e. The van der Waals surface area contributed by atoms with Crippen LogP contribution in [0.4, 0.5) is 0 Å². The Morgan fingerprint density at radius 1 is 1.17 bits per heavy atom. The van der Waals surface area contributed by atoms with Crippen molar-refractivity contribution in [3.8, 4) is 0 Å². The molecule has 3 atom stereocenters. The topological polar surface area (TPSA) is 125 Å². The fourth-order valence-corrected chi connectivity index (χ4v) is 4.33. The van der Waals surface area contributed by atoms with E-state index in [1.165, 1.54) is 0 Å². The Morgan fingerprint density at radius 2 is 1.86 bits per heavy atom. The molecule has 198 valence electrons. The van der Waals surface area contributed by atoms with E-state index in [1.807, 2.05) is 63.2 Å². The molecule has 1 aliphatic heterocycles. The highest BCUT2D eigenvalue weighted by Gasteiger charge is 2.40. The number of aliphatic hydroxyl groups is 1. The SMILES string of the molecule is CCC(C)(C)C(=O)N1CCCC1C(=O)N[C@H](Cc1ccc2ccccc2c1)C(=O)NCC(O)CN.Cl. The summed E-state index contributed by atoms with van der Waals surface area (Å²) < 4.78 is 0. The van der Waals surface area contributed by atoms with Crippen molar-refractivity contribution in [3.05, 3.63) is 48.0 Å². The summed E-state index contributed by atoms with van der Waals surface area (Å²) >= 11 is 0. The highest BCUT2D eigenvalue weighted by atomic mass is 35.5. The molecule has 1 fully saturated rings. The number of benzene rings is 2. The molecule has 1 heterocycles. The van der Waals surface area contributed by atoms with Gasteiger partial charge in [0.15, 0.2) is 0 Å². The monoisotopic (exact) mass is 518 g/mol. The number of hydrogen-bond donors (Lipinski definition) is 4. The zero-order valence-corrected chi connectivity index (χ0v) is 22.1. The third-order valence-electron chi connectivity index (χ3n) is 6.95. The average Bonchev–Trinajstić information content (AvgIpc) is 3.36. The van der Waals surface area contributed by atoms with Gasteiger partial charge in [-0.1, -0.05) is 63.2 Å². The van der Waals surface area contributed by atoms with Crippen molar-refractivity contribution in [1.29, 1.82) is 0 Å². The van der Waals surface area contributed by atoms with Crippen molar-refractivity contribution in [2.24, 2.45) is 11.1 Å². The van der Waals surface area contributed by atoms with Gasteiger partial charge in [-0.15, -0.1) is 12.4 Å². The van der Waals surface area contributed by atoms with Gasteiger partial charge in [0, 0.05) is 31.5 Å². The molecule has 2 aromatic carbocycles. The highest BCUT2D eigenvalue weighted by molar-refractivity contribution is 5.93. The van der Waals surface area contributed by atoms with Crippen LogP contribution in [-0.4, -0.2) is 65.5 Å². The van der Waals surface area contributed by atoms with Gasteiger partial charge in [-0.25, -0.2) is 0 Å². The number of amides is 3. The Balaban J connectivity index is 0.00000456. The second-order valence-corrected chi connectivity index (χ2v) is 9.98. The number of aliphatic hydroxyl groups excluding tert-OH is 1. The smallest absolute Gasteiger partial charge is 0.243 e. The normalized spacial score (nSPS) is 17.2. The first kappa shape index (κ1) is 29.5. The minimum Gasteiger partial charge on any atom is -0.390 e. The molecule has 0 saturated carbocycles. The number of fused-ring (bicyclic) bond motifs is 1. The van der Waals surface area contributed by atoms with Crippen molar-refractivity contribution in [3.63, 3.8) is 0 Å². The van der Waals surface area contributed by atoms with E-state index in [9.17, 15) is 19.5 Å². The third kappa shape index (κ3) is 7.18. The van der Waals surface area contributed by atoms with E-state index in [-0.39, 0.29) is 43.7 Å². The summed E-state index contributed by atoms with van der Waals surface area (Å²) in [4.78, 5) is 41.1. The molecule has 0 bridgehead atoms. The van der Waals surface area contributed by atoms with Gasteiger partial charge in [-0.2, -0.15) is 0 Å². The number of nitrogens with one attached hydrogen (secondary N) is 2. The summed E-state index contributed by atoms with van der Waals surface area (Å²) in [5, 5.41) is 17.5. The van der Waals surface area contributed by atoms with Crippen LogP contribution in [0.3, 0.4) is 0 Å². The van der Waals surface area contributed by atoms with Gasteiger partial charge in [0.2, 0.25) is 17.7 Å². The molecule has 2 aromatic rings. The molecular weight excluding hydrogens is 480 g/mol. The van der Waals surface area contributed by atoms with Crippen molar-refractivity contribution in [1.82, 2.24) is 15.5 Å². The first-order valence-corrected chi connectivity index (χ1v) is 12.4. The van der Waals surface area contributed by atoms with Crippen LogP contribution in [0.25, 0.3) is 10.8 Å². The number of rotatable bonds is 10. The van der Waals surface area contributed by atoms with Crippen LogP contribution in [0.1, 0.15) is 45.6 Å². The van der Waals surface area contributed by atoms with Crippen LogP contribution >= 0.6 is 12.4 Å². The first-order valence-electron chi connectivity index (χ1n) is 12.4. The summed E-state index contributed by atoms with van der Waals surface area (Å²) in [6.45, 7) is 6.29. The maximum absolute atomic E-state index is 13.3. The molecule has 5 N–H and O–H groups in total. The maximum Gasteiger partial charge on any atom is 0.243 e. The number of halogens is 1. The fraction of sp³-hybridized carbons (Fsp3) is 0.519. The van der Waals surface area contributed by atoms with Crippen molar-refractivity contribution in [2.45, 2.75) is 64.6 Å². The van der Waals surface area contributed by atoms with Crippen LogP contribution in [0.15, 0.2) is 42.5 Å². The van der Waals surface area contributed by atoms with Crippen molar-refractivity contribution < 1.29 is 19.5 Å². The molecule has 9 heteroatoms. The molecule has 1 saturated heterocycles. The minimum absolute atomic E-state index is 0.